The molecule has 164 valence electrons. The molecular formula is C26H28N4O2. The summed E-state index contributed by atoms with van der Waals surface area (Å²) in [5, 5.41) is 2.91. The first kappa shape index (κ1) is 21.7. The second-order valence-electron chi connectivity index (χ2n) is 8.45. The molecule has 0 radical (unpaired) electrons. The summed E-state index contributed by atoms with van der Waals surface area (Å²) in [6, 6.07) is 13.7. The number of hydrogen-bond donors (Lipinski definition) is 1. The molecule has 32 heavy (non-hydrogen) atoms. The largest absolute Gasteiger partial charge is 0.348 e. The zero-order chi connectivity index (χ0) is 22.5. The Labute approximate surface area is 188 Å². The quantitative estimate of drug-likeness (QED) is 0.643. The predicted molar refractivity (Wildman–Crippen MR) is 125 cm³/mol. The highest BCUT2D eigenvalue weighted by atomic mass is 16.2. The first-order chi connectivity index (χ1) is 15.5. The molecule has 0 fully saturated rings. The molecule has 1 N–H and O–H groups in total. The molecule has 2 aromatic heterocycles. The van der Waals surface area contributed by atoms with Crippen LogP contribution in [0.4, 0.5) is 5.69 Å². The van der Waals surface area contributed by atoms with Gasteiger partial charge in [0.25, 0.3) is 5.91 Å². The van der Waals surface area contributed by atoms with Crippen LogP contribution in [0.3, 0.4) is 0 Å². The lowest BCUT2D eigenvalue weighted by Crippen LogP contribution is -2.37. The van der Waals surface area contributed by atoms with Crippen LogP contribution in [0.1, 0.15) is 58.9 Å². The predicted octanol–water partition coefficient (Wildman–Crippen LogP) is 4.05. The first-order valence-corrected chi connectivity index (χ1v) is 11.1. The molecule has 0 saturated carbocycles. The van der Waals surface area contributed by atoms with Crippen molar-refractivity contribution in [2.24, 2.45) is 0 Å². The molecule has 0 unspecified atom stereocenters. The van der Waals surface area contributed by atoms with Crippen LogP contribution in [0.2, 0.25) is 0 Å². The second-order valence-corrected chi connectivity index (χ2v) is 8.45. The lowest BCUT2D eigenvalue weighted by atomic mass is 10.00. The molecule has 6 heteroatoms. The number of benzene rings is 1. The molecule has 0 spiro atoms. The van der Waals surface area contributed by atoms with Crippen LogP contribution in [-0.4, -0.2) is 28.3 Å². The lowest BCUT2D eigenvalue weighted by Gasteiger charge is -2.29. The number of carbonyl (C=O) groups is 2. The Morgan fingerprint density at radius 3 is 2.53 bits per heavy atom. The first-order valence-electron chi connectivity index (χ1n) is 11.1. The molecule has 1 aliphatic rings. The van der Waals surface area contributed by atoms with E-state index >= 15 is 0 Å². The van der Waals surface area contributed by atoms with Crippen LogP contribution >= 0.6 is 0 Å². The fourth-order valence-electron chi connectivity index (χ4n) is 3.89. The van der Waals surface area contributed by atoms with Crippen molar-refractivity contribution in [1.29, 1.82) is 0 Å². The number of rotatable bonds is 6. The number of anilines is 1. The summed E-state index contributed by atoms with van der Waals surface area (Å²) in [5.74, 6) is 0.279. The van der Waals surface area contributed by atoms with Gasteiger partial charge in [0.15, 0.2) is 0 Å². The molecular weight excluding hydrogens is 400 g/mol. The molecule has 6 nitrogen and oxygen atoms in total. The van der Waals surface area contributed by atoms with E-state index in [1.807, 2.05) is 24.3 Å². The highest BCUT2D eigenvalue weighted by Gasteiger charge is 2.25. The normalized spacial score (nSPS) is 13.0. The molecule has 3 aromatic rings. The van der Waals surface area contributed by atoms with Crippen molar-refractivity contribution >= 4 is 17.5 Å². The maximum Gasteiger partial charge on any atom is 0.253 e. The Morgan fingerprint density at radius 1 is 1.06 bits per heavy atom. The van der Waals surface area contributed by atoms with Gasteiger partial charge in [-0.2, -0.15) is 0 Å². The molecule has 1 aromatic carbocycles. The summed E-state index contributed by atoms with van der Waals surface area (Å²) in [7, 11) is 0. The van der Waals surface area contributed by atoms with Crippen LogP contribution in [0.25, 0.3) is 0 Å². The highest BCUT2D eigenvalue weighted by Crippen LogP contribution is 2.27. The number of pyridine rings is 2. The standard InChI is InChI=1S/C26H28N4O2/c1-18(2)21-7-5-19(6-8-21)14-25(31)30-13-3-4-23-24(30)15-22(17-28-23)26(32)29-16-20-9-11-27-12-10-20/h5-12,15,17-18H,3-4,13-14,16H2,1-2H3,(H,29,32). The maximum absolute atomic E-state index is 13.1. The number of amides is 2. The minimum absolute atomic E-state index is 0.0272. The van der Waals surface area contributed by atoms with E-state index in [1.54, 1.807) is 29.6 Å². The van der Waals surface area contributed by atoms with Gasteiger partial charge in [0.05, 0.1) is 23.4 Å². The van der Waals surface area contributed by atoms with Gasteiger partial charge >= 0.3 is 0 Å². The fourth-order valence-corrected chi connectivity index (χ4v) is 3.89. The van der Waals surface area contributed by atoms with Crippen LogP contribution in [0, 0.1) is 0 Å². The van der Waals surface area contributed by atoms with Gasteiger partial charge in [-0.1, -0.05) is 38.1 Å². The van der Waals surface area contributed by atoms with Gasteiger partial charge in [-0.25, -0.2) is 0 Å². The SMILES string of the molecule is CC(C)c1ccc(CC(=O)N2CCCc3ncc(C(=O)NCc4ccncc4)cc32)cc1. The molecule has 0 aliphatic carbocycles. The number of nitrogens with one attached hydrogen (secondary N) is 1. The summed E-state index contributed by atoms with van der Waals surface area (Å²) in [6.45, 7) is 5.36. The Morgan fingerprint density at radius 2 is 1.81 bits per heavy atom. The highest BCUT2D eigenvalue weighted by molar-refractivity contribution is 5.99. The Balaban J connectivity index is 1.48. The third kappa shape index (κ3) is 5.02. The van der Waals surface area contributed by atoms with Crippen molar-refractivity contribution in [3.8, 4) is 0 Å². The van der Waals surface area contributed by atoms with Crippen molar-refractivity contribution in [2.45, 2.75) is 45.6 Å². The van der Waals surface area contributed by atoms with Crippen LogP contribution in [-0.2, 0) is 24.2 Å². The van der Waals surface area contributed by atoms with Crippen molar-refractivity contribution in [3.63, 3.8) is 0 Å². The van der Waals surface area contributed by atoms with E-state index in [0.29, 0.717) is 31.0 Å². The van der Waals surface area contributed by atoms with E-state index in [-0.39, 0.29) is 11.8 Å². The van der Waals surface area contributed by atoms with Gasteiger partial charge in [0.1, 0.15) is 0 Å². The molecule has 0 atom stereocenters. The summed E-state index contributed by atoms with van der Waals surface area (Å²) in [4.78, 5) is 36.1. The number of aryl methyl sites for hydroxylation is 1. The third-order valence-corrected chi connectivity index (χ3v) is 5.80. The fraction of sp³-hybridized carbons (Fsp3) is 0.308. The number of hydrogen-bond acceptors (Lipinski definition) is 4. The monoisotopic (exact) mass is 428 g/mol. The summed E-state index contributed by atoms with van der Waals surface area (Å²) in [6.07, 6.45) is 6.99. The Bertz CT molecular complexity index is 1090. The van der Waals surface area contributed by atoms with Crippen LogP contribution < -0.4 is 10.2 Å². The smallest absolute Gasteiger partial charge is 0.253 e. The lowest BCUT2D eigenvalue weighted by molar-refractivity contribution is -0.118. The second kappa shape index (κ2) is 9.73. The van der Waals surface area contributed by atoms with Crippen molar-refractivity contribution in [3.05, 3.63) is 89.0 Å². The topological polar surface area (TPSA) is 75.2 Å². The van der Waals surface area contributed by atoms with Crippen molar-refractivity contribution < 1.29 is 9.59 Å². The van der Waals surface area contributed by atoms with E-state index in [9.17, 15) is 9.59 Å². The van der Waals surface area contributed by atoms with Gasteiger partial charge < -0.3 is 10.2 Å². The number of carbonyl (C=O) groups excluding carboxylic acids is 2. The minimum atomic E-state index is -0.209. The van der Waals surface area contributed by atoms with Gasteiger partial charge in [0, 0.05) is 31.7 Å². The zero-order valence-electron chi connectivity index (χ0n) is 18.5. The molecule has 0 saturated heterocycles. The molecule has 2 amide bonds. The van der Waals surface area contributed by atoms with E-state index in [0.717, 1.165) is 35.3 Å². The van der Waals surface area contributed by atoms with Gasteiger partial charge in [-0.15, -0.1) is 0 Å². The summed E-state index contributed by atoms with van der Waals surface area (Å²) < 4.78 is 0. The van der Waals surface area contributed by atoms with Gasteiger partial charge in [0.2, 0.25) is 5.91 Å². The molecule has 4 rings (SSSR count). The molecule has 3 heterocycles. The van der Waals surface area contributed by atoms with Gasteiger partial charge in [-0.05, 0) is 53.6 Å². The van der Waals surface area contributed by atoms with E-state index in [1.165, 1.54) is 5.56 Å². The zero-order valence-corrected chi connectivity index (χ0v) is 18.5. The van der Waals surface area contributed by atoms with Gasteiger partial charge in [-0.3, -0.25) is 19.6 Å². The molecule has 1 aliphatic heterocycles. The van der Waals surface area contributed by atoms with Crippen LogP contribution in [0.5, 0.6) is 0 Å². The summed E-state index contributed by atoms with van der Waals surface area (Å²) >= 11 is 0. The number of fused-ring (bicyclic) bond motifs is 1. The molecule has 0 bridgehead atoms. The van der Waals surface area contributed by atoms with Crippen LogP contribution in [0.15, 0.2) is 61.1 Å². The average molecular weight is 429 g/mol. The minimum Gasteiger partial charge on any atom is -0.348 e. The van der Waals surface area contributed by atoms with E-state index in [4.69, 9.17) is 0 Å². The summed E-state index contributed by atoms with van der Waals surface area (Å²) in [5.41, 5.74) is 5.29. The number of nitrogens with zero attached hydrogens (tertiary/aromatic N) is 3. The Kier molecular flexibility index (Phi) is 6.59. The average Bonchev–Trinajstić information content (AvgIpc) is 2.82. The van der Waals surface area contributed by atoms with Crippen molar-refractivity contribution in [2.75, 3.05) is 11.4 Å². The van der Waals surface area contributed by atoms with E-state index < -0.39 is 0 Å². The van der Waals surface area contributed by atoms with Crippen molar-refractivity contribution in [1.82, 2.24) is 15.3 Å². The van der Waals surface area contributed by atoms with E-state index in [2.05, 4.69) is 41.3 Å². The third-order valence-electron chi connectivity index (χ3n) is 5.80. The maximum atomic E-state index is 13.1. The number of aromatic nitrogens is 2. The Hall–Kier alpha value is -3.54.